The molecule has 5 heteroatoms. The molecule has 72 valence electrons. The first-order valence-electron chi connectivity index (χ1n) is 4.17. The van der Waals surface area contributed by atoms with Gasteiger partial charge in [-0.3, -0.25) is 0 Å². The number of carbonyl (C=O) groups excluding carboxylic acids is 1. The minimum atomic E-state index is -0.443. The molecule has 2 rings (SSSR count). The van der Waals surface area contributed by atoms with Gasteiger partial charge in [0.15, 0.2) is 5.69 Å². The van der Waals surface area contributed by atoms with E-state index in [1.165, 1.54) is 18.4 Å². The molecular formula is C9H8N2O2S. The number of hydrogen-bond acceptors (Lipinski definition) is 5. The van der Waals surface area contributed by atoms with E-state index in [0.29, 0.717) is 5.69 Å². The minimum absolute atomic E-state index is 0.300. The fraction of sp³-hybridized carbons (Fsp3) is 0.444. The molecule has 1 saturated carbocycles. The topological polar surface area (TPSA) is 63.0 Å². The Hall–Kier alpha value is -1.41. The molecule has 0 amide bonds. The molecule has 0 saturated heterocycles. The van der Waals surface area contributed by atoms with Gasteiger partial charge in [-0.15, -0.1) is 11.3 Å². The molecule has 1 aromatic rings. The molecule has 0 unspecified atom stereocenters. The summed E-state index contributed by atoms with van der Waals surface area (Å²) in [4.78, 5) is 15.2. The second-order valence-corrected chi connectivity index (χ2v) is 4.08. The molecule has 0 N–H and O–H groups in total. The molecule has 1 aromatic heterocycles. The first-order chi connectivity index (χ1) is 6.72. The number of nitrogens with zero attached hydrogens (tertiary/aromatic N) is 2. The zero-order chi connectivity index (χ0) is 10.2. The SMILES string of the molecule is COC(=O)c1csc(C2(C#N)CC2)n1. The third-order valence-corrected chi connectivity index (χ3v) is 3.32. The first-order valence-corrected chi connectivity index (χ1v) is 5.05. The number of hydrogen-bond donors (Lipinski definition) is 0. The summed E-state index contributed by atoms with van der Waals surface area (Å²) in [5.74, 6) is -0.443. The molecule has 1 aliphatic carbocycles. The highest BCUT2D eigenvalue weighted by molar-refractivity contribution is 7.10. The normalized spacial score (nSPS) is 17.1. The van der Waals surface area contributed by atoms with Gasteiger partial charge in [0.25, 0.3) is 0 Å². The lowest BCUT2D eigenvalue weighted by atomic mass is 10.1. The molecule has 0 atom stereocenters. The number of esters is 1. The summed E-state index contributed by atoms with van der Waals surface area (Å²) >= 11 is 1.35. The summed E-state index contributed by atoms with van der Waals surface area (Å²) in [6.45, 7) is 0. The smallest absolute Gasteiger partial charge is 0.357 e. The van der Waals surface area contributed by atoms with Crippen molar-refractivity contribution in [2.24, 2.45) is 0 Å². The molecule has 0 radical (unpaired) electrons. The molecule has 0 bridgehead atoms. The van der Waals surface area contributed by atoms with E-state index in [0.717, 1.165) is 17.8 Å². The predicted molar refractivity (Wildman–Crippen MR) is 50.0 cm³/mol. The number of rotatable bonds is 2. The Morgan fingerprint density at radius 1 is 1.79 bits per heavy atom. The van der Waals surface area contributed by atoms with Gasteiger partial charge in [0.1, 0.15) is 10.4 Å². The van der Waals surface area contributed by atoms with E-state index in [2.05, 4.69) is 15.8 Å². The van der Waals surface area contributed by atoms with Crippen molar-refractivity contribution in [3.63, 3.8) is 0 Å². The summed E-state index contributed by atoms with van der Waals surface area (Å²) < 4.78 is 4.54. The van der Waals surface area contributed by atoms with Crippen LogP contribution in [-0.4, -0.2) is 18.1 Å². The van der Waals surface area contributed by atoms with E-state index >= 15 is 0 Å². The van der Waals surface area contributed by atoms with E-state index in [1.54, 1.807) is 5.38 Å². The number of nitriles is 1. The van der Waals surface area contributed by atoms with Crippen LogP contribution < -0.4 is 0 Å². The van der Waals surface area contributed by atoms with Crippen LogP contribution in [0.4, 0.5) is 0 Å². The van der Waals surface area contributed by atoms with E-state index in [1.807, 2.05) is 0 Å². The van der Waals surface area contributed by atoms with Crippen molar-refractivity contribution in [2.75, 3.05) is 7.11 Å². The largest absolute Gasteiger partial charge is 0.464 e. The van der Waals surface area contributed by atoms with Gasteiger partial charge >= 0.3 is 5.97 Å². The molecule has 0 spiro atoms. The van der Waals surface area contributed by atoms with E-state index in [-0.39, 0.29) is 0 Å². The molecule has 1 fully saturated rings. The molecule has 1 aliphatic rings. The monoisotopic (exact) mass is 208 g/mol. The van der Waals surface area contributed by atoms with Gasteiger partial charge in [-0.25, -0.2) is 9.78 Å². The second kappa shape index (κ2) is 3.07. The van der Waals surface area contributed by atoms with Gasteiger partial charge in [0.05, 0.1) is 13.2 Å². The third-order valence-electron chi connectivity index (χ3n) is 2.27. The summed E-state index contributed by atoms with van der Waals surface area (Å²) in [6, 6.07) is 2.23. The Morgan fingerprint density at radius 3 is 3.00 bits per heavy atom. The average molecular weight is 208 g/mol. The lowest BCUT2D eigenvalue weighted by Crippen LogP contribution is -2.05. The van der Waals surface area contributed by atoms with Crippen molar-refractivity contribution in [3.05, 3.63) is 16.1 Å². The van der Waals surface area contributed by atoms with Crippen LogP contribution in [0.2, 0.25) is 0 Å². The Labute approximate surface area is 85.1 Å². The van der Waals surface area contributed by atoms with Crippen LogP contribution in [0.3, 0.4) is 0 Å². The summed E-state index contributed by atoms with van der Waals surface area (Å²) in [5, 5.41) is 11.3. The highest BCUT2D eigenvalue weighted by Crippen LogP contribution is 2.48. The Kier molecular flexibility index (Phi) is 2.01. The highest BCUT2D eigenvalue weighted by Gasteiger charge is 2.47. The van der Waals surface area contributed by atoms with Crippen molar-refractivity contribution in [3.8, 4) is 6.07 Å². The van der Waals surface area contributed by atoms with Crippen molar-refractivity contribution in [2.45, 2.75) is 18.3 Å². The van der Waals surface area contributed by atoms with Crippen molar-refractivity contribution >= 4 is 17.3 Å². The summed E-state index contributed by atoms with van der Waals surface area (Å²) in [6.07, 6.45) is 1.69. The van der Waals surface area contributed by atoms with Crippen LogP contribution in [0.1, 0.15) is 28.3 Å². The lowest BCUT2D eigenvalue weighted by molar-refractivity contribution is 0.0594. The molecule has 1 heterocycles. The van der Waals surface area contributed by atoms with Gasteiger partial charge in [-0.05, 0) is 12.8 Å². The van der Waals surface area contributed by atoms with Crippen LogP contribution >= 0.6 is 11.3 Å². The zero-order valence-electron chi connectivity index (χ0n) is 7.61. The molecule has 0 aliphatic heterocycles. The molecule has 0 aromatic carbocycles. The third kappa shape index (κ3) is 1.28. The van der Waals surface area contributed by atoms with Crippen molar-refractivity contribution in [1.82, 2.24) is 4.98 Å². The fourth-order valence-electron chi connectivity index (χ4n) is 1.19. The van der Waals surface area contributed by atoms with Gasteiger partial charge in [-0.2, -0.15) is 5.26 Å². The minimum Gasteiger partial charge on any atom is -0.464 e. The van der Waals surface area contributed by atoms with Crippen LogP contribution in [0.25, 0.3) is 0 Å². The van der Waals surface area contributed by atoms with Crippen LogP contribution in [-0.2, 0) is 10.2 Å². The van der Waals surface area contributed by atoms with E-state index < -0.39 is 11.4 Å². The zero-order valence-corrected chi connectivity index (χ0v) is 8.43. The van der Waals surface area contributed by atoms with Crippen molar-refractivity contribution < 1.29 is 9.53 Å². The Bertz CT molecular complexity index is 415. The first kappa shape index (κ1) is 9.16. The van der Waals surface area contributed by atoms with Gasteiger partial charge < -0.3 is 4.74 Å². The second-order valence-electron chi connectivity index (χ2n) is 3.22. The number of methoxy groups -OCH3 is 1. The van der Waals surface area contributed by atoms with Crippen LogP contribution in [0.15, 0.2) is 5.38 Å². The maximum absolute atomic E-state index is 11.1. The maximum atomic E-state index is 11.1. The van der Waals surface area contributed by atoms with Gasteiger partial charge in [0, 0.05) is 5.38 Å². The van der Waals surface area contributed by atoms with Crippen LogP contribution in [0, 0.1) is 11.3 Å². The van der Waals surface area contributed by atoms with Crippen molar-refractivity contribution in [1.29, 1.82) is 5.26 Å². The van der Waals surface area contributed by atoms with E-state index in [9.17, 15) is 4.79 Å². The molecular weight excluding hydrogens is 200 g/mol. The number of carbonyl (C=O) groups is 1. The number of thiazole rings is 1. The van der Waals surface area contributed by atoms with Gasteiger partial charge in [-0.1, -0.05) is 0 Å². The summed E-state index contributed by atoms with van der Waals surface area (Å²) in [7, 11) is 1.32. The molecule has 14 heavy (non-hydrogen) atoms. The van der Waals surface area contributed by atoms with E-state index in [4.69, 9.17) is 5.26 Å². The number of aromatic nitrogens is 1. The maximum Gasteiger partial charge on any atom is 0.357 e. The quantitative estimate of drug-likeness (QED) is 0.691. The fourth-order valence-corrected chi connectivity index (χ4v) is 2.19. The summed E-state index contributed by atoms with van der Waals surface area (Å²) in [5.41, 5.74) is -0.106. The number of ether oxygens (including phenoxy) is 1. The highest BCUT2D eigenvalue weighted by atomic mass is 32.1. The Morgan fingerprint density at radius 2 is 2.50 bits per heavy atom. The standard InChI is InChI=1S/C9H8N2O2S/c1-13-7(12)6-4-14-8(11-6)9(5-10)2-3-9/h4H,2-3H2,1H3. The predicted octanol–water partition coefficient (Wildman–Crippen LogP) is 1.48. The lowest BCUT2D eigenvalue weighted by Gasteiger charge is -1.97. The van der Waals surface area contributed by atoms with Gasteiger partial charge in [0.2, 0.25) is 0 Å². The average Bonchev–Trinajstić information content (AvgIpc) is 2.87. The van der Waals surface area contributed by atoms with Crippen LogP contribution in [0.5, 0.6) is 0 Å². The molecule has 4 nitrogen and oxygen atoms in total. The Balaban J connectivity index is 2.27.